The maximum absolute atomic E-state index is 11.8. The molecule has 0 N–H and O–H groups in total. The molecule has 3 atom stereocenters. The summed E-state index contributed by atoms with van der Waals surface area (Å²) >= 11 is 0. The Morgan fingerprint density at radius 3 is 2.80 bits per heavy atom. The number of rotatable bonds is 4. The molecule has 0 amide bonds. The van der Waals surface area contributed by atoms with Gasteiger partial charge in [0.1, 0.15) is 0 Å². The van der Waals surface area contributed by atoms with E-state index in [2.05, 4.69) is 6.58 Å². The third-order valence-corrected chi connectivity index (χ3v) is 4.40. The van der Waals surface area contributed by atoms with Crippen LogP contribution in [0.2, 0.25) is 0 Å². The van der Waals surface area contributed by atoms with E-state index in [0.29, 0.717) is 18.2 Å². The van der Waals surface area contributed by atoms with Gasteiger partial charge in [0.15, 0.2) is 0 Å². The van der Waals surface area contributed by atoms with Crippen LogP contribution in [0.3, 0.4) is 0 Å². The van der Waals surface area contributed by atoms with Crippen LogP contribution in [0.4, 0.5) is 0 Å². The first-order valence-electron chi connectivity index (χ1n) is 5.06. The van der Waals surface area contributed by atoms with E-state index in [1.807, 2.05) is 13.8 Å². The second kappa shape index (κ2) is 4.67. The quantitative estimate of drug-likeness (QED) is 0.418. The molecule has 0 saturated carbocycles. The van der Waals surface area contributed by atoms with Gasteiger partial charge in [0, 0.05) is 0 Å². The molecular weight excluding hydrogens is 210 g/mol. The zero-order chi connectivity index (χ0) is 11.6. The summed E-state index contributed by atoms with van der Waals surface area (Å²) in [5, 5.41) is 0. The molecule has 1 heterocycles. The molecule has 1 saturated heterocycles. The number of hydrogen-bond acceptors (Lipinski definition) is 3. The van der Waals surface area contributed by atoms with Crippen molar-refractivity contribution >= 4 is 20.5 Å². The molecule has 3 nitrogen and oxygen atoms in total. The Morgan fingerprint density at radius 1 is 1.80 bits per heavy atom. The number of hydrogen-bond donors (Lipinski definition) is 0. The first kappa shape index (κ1) is 12.7. The molecule has 1 rings (SSSR count). The minimum absolute atomic E-state index is 0.259. The summed E-state index contributed by atoms with van der Waals surface area (Å²) in [7, 11) is 3.06. The van der Waals surface area contributed by atoms with Crippen LogP contribution in [0, 0.1) is 0 Å². The Labute approximate surface area is 92.4 Å². The van der Waals surface area contributed by atoms with Crippen LogP contribution in [0.1, 0.15) is 20.3 Å². The summed E-state index contributed by atoms with van der Waals surface area (Å²) in [4.78, 5) is 0. The normalized spacial score (nSPS) is 27.2. The fourth-order valence-corrected chi connectivity index (χ4v) is 2.48. The summed E-state index contributed by atoms with van der Waals surface area (Å²) in [5.41, 5.74) is 1.35. The summed E-state index contributed by atoms with van der Waals surface area (Å²) in [6.07, 6.45) is 0.563. The minimum atomic E-state index is -2.50. The van der Waals surface area contributed by atoms with Gasteiger partial charge >= 0.3 is 91.8 Å². The van der Waals surface area contributed by atoms with E-state index in [1.54, 1.807) is 6.66 Å². The predicted octanol–water partition coefficient (Wildman–Crippen LogP) is 1.96. The van der Waals surface area contributed by atoms with Crippen molar-refractivity contribution in [1.82, 2.24) is 0 Å². The van der Waals surface area contributed by atoms with Gasteiger partial charge < -0.3 is 0 Å². The summed E-state index contributed by atoms with van der Waals surface area (Å²) < 4.78 is 22.7. The monoisotopic (exact) mass is 227 g/mol. The Bertz CT molecular complexity index is 327. The van der Waals surface area contributed by atoms with Crippen molar-refractivity contribution in [1.29, 1.82) is 0 Å². The Morgan fingerprint density at radius 2 is 2.40 bits per heavy atom. The van der Waals surface area contributed by atoms with Crippen molar-refractivity contribution in [3.63, 3.8) is 0 Å². The molecule has 0 spiro atoms. The zero-order valence-corrected chi connectivity index (χ0v) is 10.4. The third kappa shape index (κ3) is 3.32. The molecule has 5 heteroatoms. The van der Waals surface area contributed by atoms with Crippen LogP contribution in [0.25, 0.3) is 0 Å². The Balaban J connectivity index is 2.62. The molecule has 0 bridgehead atoms. The van der Waals surface area contributed by atoms with Crippen molar-refractivity contribution < 1.29 is 13.8 Å². The van der Waals surface area contributed by atoms with Gasteiger partial charge in [-0.25, -0.2) is 0 Å². The van der Waals surface area contributed by atoms with E-state index in [4.69, 9.17) is 16.7 Å². The van der Waals surface area contributed by atoms with Crippen molar-refractivity contribution in [2.24, 2.45) is 0 Å². The van der Waals surface area contributed by atoms with Crippen LogP contribution in [-0.4, -0.2) is 38.2 Å². The van der Waals surface area contributed by atoms with E-state index >= 15 is 0 Å². The van der Waals surface area contributed by atoms with Gasteiger partial charge in [-0.15, -0.1) is 0 Å². The Hall–Kier alpha value is -0.335. The van der Waals surface area contributed by atoms with Crippen LogP contribution in [0.5, 0.6) is 0 Å². The van der Waals surface area contributed by atoms with E-state index in [0.717, 1.165) is 5.57 Å². The average molecular weight is 227 g/mol. The SMILES string of the molecule is [B]=C1CC(=C)[C@@H](C(C)OP(C)(=O)CC)O1. The Kier molecular flexibility index (Phi) is 3.96. The summed E-state index contributed by atoms with van der Waals surface area (Å²) in [6, 6.07) is 0. The molecule has 0 aromatic carbocycles. The third-order valence-electron chi connectivity index (χ3n) is 2.47. The zero-order valence-electron chi connectivity index (χ0n) is 9.53. The summed E-state index contributed by atoms with van der Waals surface area (Å²) in [6.45, 7) is 9.18. The predicted molar refractivity (Wildman–Crippen MR) is 64.0 cm³/mol. The van der Waals surface area contributed by atoms with Crippen molar-refractivity contribution in [2.75, 3.05) is 12.8 Å². The van der Waals surface area contributed by atoms with Gasteiger partial charge in [-0.2, -0.15) is 0 Å². The molecule has 1 aliphatic rings. The van der Waals surface area contributed by atoms with Gasteiger partial charge in [-0.3, -0.25) is 0 Å². The molecule has 0 aromatic heterocycles. The standard InChI is InChI=1S/C10H17BO3P/c1-5-15(4,12)14-8(3)10-7(2)6-9(11)13-10/h8,10H,2,5-6H2,1,3-4H3/t8?,10-,15?/m0/s1. The average Bonchev–Trinajstić information content (AvgIpc) is 2.45. The fourth-order valence-electron chi connectivity index (χ4n) is 1.52. The first-order valence-corrected chi connectivity index (χ1v) is 7.32. The molecule has 2 unspecified atom stereocenters. The second-order valence-electron chi connectivity index (χ2n) is 3.98. The molecule has 1 fully saturated rings. The van der Waals surface area contributed by atoms with Crippen LogP contribution < -0.4 is 0 Å². The molecule has 15 heavy (non-hydrogen) atoms. The van der Waals surface area contributed by atoms with Gasteiger partial charge in [-0.05, 0) is 0 Å². The molecule has 0 aliphatic carbocycles. The van der Waals surface area contributed by atoms with Gasteiger partial charge in [0.05, 0.1) is 0 Å². The molecule has 1 aliphatic heterocycles. The second-order valence-corrected chi connectivity index (χ2v) is 6.85. The van der Waals surface area contributed by atoms with Crippen molar-refractivity contribution in [3.05, 3.63) is 12.2 Å². The molecular formula is C10H17BO3P. The van der Waals surface area contributed by atoms with Crippen LogP contribution in [-0.2, 0) is 13.8 Å². The van der Waals surface area contributed by atoms with Crippen LogP contribution in [0.15, 0.2) is 12.2 Å². The van der Waals surface area contributed by atoms with Gasteiger partial charge in [0.25, 0.3) is 0 Å². The first-order chi connectivity index (χ1) is 6.85. The topological polar surface area (TPSA) is 35.5 Å². The van der Waals surface area contributed by atoms with Crippen LogP contribution >= 0.6 is 7.37 Å². The van der Waals surface area contributed by atoms with Gasteiger partial charge in [-0.1, -0.05) is 0 Å². The summed E-state index contributed by atoms with van der Waals surface area (Å²) in [5.74, 6) is 0. The van der Waals surface area contributed by atoms with Crippen molar-refractivity contribution in [3.8, 4) is 0 Å². The van der Waals surface area contributed by atoms with E-state index < -0.39 is 7.37 Å². The number of ether oxygens (including phenoxy) is 1. The van der Waals surface area contributed by atoms with Gasteiger partial charge in [0.2, 0.25) is 0 Å². The van der Waals surface area contributed by atoms with E-state index in [1.165, 1.54) is 0 Å². The molecule has 0 aromatic rings. The van der Waals surface area contributed by atoms with Crippen molar-refractivity contribution in [2.45, 2.75) is 32.5 Å². The maximum atomic E-state index is 11.8. The molecule has 1 radical (unpaired) electrons. The van der Waals surface area contributed by atoms with E-state index in [9.17, 15) is 4.57 Å². The molecule has 83 valence electrons. The fraction of sp³-hybridized carbons (Fsp3) is 0.700. The van der Waals surface area contributed by atoms with E-state index in [-0.39, 0.29) is 12.2 Å².